The van der Waals surface area contributed by atoms with E-state index in [0.29, 0.717) is 22.3 Å². The summed E-state index contributed by atoms with van der Waals surface area (Å²) in [5, 5.41) is 4.63. The smallest absolute Gasteiger partial charge is 0.206 e. The summed E-state index contributed by atoms with van der Waals surface area (Å²) in [6, 6.07) is 23.4. The highest BCUT2D eigenvalue weighted by atomic mass is 19.1. The molecule has 6 rings (SSSR count). The molecule has 2 aromatic heterocycles. The Hall–Kier alpha value is -4.44. The zero-order valence-electron chi connectivity index (χ0n) is 26.1. The molecule has 2 heterocycles. The number of pyridine rings is 2. The van der Waals surface area contributed by atoms with Crippen LogP contribution >= 0.6 is 0 Å². The van der Waals surface area contributed by atoms with Crippen LogP contribution in [0.25, 0.3) is 44.1 Å². The number of fused-ring (bicyclic) bond motifs is 2. The SMILES string of the molecule is Cc1cc(-c2c3cc(CC[n+]4ccc5ccccc5c4-c4cc(C)c(F)c(C)c4C)ccc3cc[n+]2C)c(C)c(C)c1F. The fourth-order valence-corrected chi connectivity index (χ4v) is 6.49. The minimum absolute atomic E-state index is 0.130. The van der Waals surface area contributed by atoms with Gasteiger partial charge in [-0.05, 0) is 116 Å². The molecule has 0 aliphatic carbocycles. The van der Waals surface area contributed by atoms with Crippen LogP contribution < -0.4 is 9.13 Å². The van der Waals surface area contributed by atoms with Gasteiger partial charge in [0.25, 0.3) is 0 Å². The van der Waals surface area contributed by atoms with Crippen LogP contribution in [0.15, 0.2) is 79.1 Å². The topological polar surface area (TPSA) is 7.76 Å². The Kier molecular flexibility index (Phi) is 7.33. The number of halogens is 2. The second-order valence-electron chi connectivity index (χ2n) is 12.0. The number of aromatic nitrogens is 2. The molecular formula is C39H38F2N2+2. The third-order valence-electron chi connectivity index (χ3n) is 9.30. The number of hydrogen-bond donors (Lipinski definition) is 0. The van der Waals surface area contributed by atoms with Crippen LogP contribution in [-0.2, 0) is 20.0 Å². The van der Waals surface area contributed by atoms with Gasteiger partial charge in [-0.1, -0.05) is 30.3 Å². The van der Waals surface area contributed by atoms with Gasteiger partial charge in [0.1, 0.15) is 18.7 Å². The van der Waals surface area contributed by atoms with Crippen molar-refractivity contribution < 1.29 is 17.9 Å². The van der Waals surface area contributed by atoms with E-state index < -0.39 is 0 Å². The fraction of sp³-hybridized carbons (Fsp3) is 0.231. The first kappa shape index (κ1) is 28.7. The first-order valence-electron chi connectivity index (χ1n) is 14.9. The molecule has 43 heavy (non-hydrogen) atoms. The Balaban J connectivity index is 1.46. The predicted octanol–water partition coefficient (Wildman–Crippen LogP) is 8.81. The van der Waals surface area contributed by atoms with Crippen molar-refractivity contribution in [3.8, 4) is 22.5 Å². The largest absolute Gasteiger partial charge is 0.220 e. The van der Waals surface area contributed by atoms with Crippen molar-refractivity contribution in [2.24, 2.45) is 7.05 Å². The first-order chi connectivity index (χ1) is 20.6. The molecular weight excluding hydrogens is 534 g/mol. The van der Waals surface area contributed by atoms with E-state index in [1.54, 1.807) is 0 Å². The van der Waals surface area contributed by atoms with Gasteiger partial charge in [0.2, 0.25) is 11.4 Å². The van der Waals surface area contributed by atoms with Gasteiger partial charge in [0.15, 0.2) is 18.9 Å². The summed E-state index contributed by atoms with van der Waals surface area (Å²) in [6.07, 6.45) is 5.06. The van der Waals surface area contributed by atoms with Crippen molar-refractivity contribution in [1.29, 1.82) is 0 Å². The zero-order valence-corrected chi connectivity index (χ0v) is 26.1. The Morgan fingerprint density at radius 3 is 1.84 bits per heavy atom. The molecule has 0 fully saturated rings. The zero-order chi connectivity index (χ0) is 30.6. The number of rotatable bonds is 5. The predicted molar refractivity (Wildman–Crippen MR) is 172 cm³/mol. The summed E-state index contributed by atoms with van der Waals surface area (Å²) in [7, 11) is 2.06. The fourth-order valence-electron chi connectivity index (χ4n) is 6.49. The summed E-state index contributed by atoms with van der Waals surface area (Å²) in [5.41, 5.74) is 10.2. The van der Waals surface area contributed by atoms with Gasteiger partial charge in [0, 0.05) is 18.6 Å². The summed E-state index contributed by atoms with van der Waals surface area (Å²) in [6.45, 7) is 12.2. The third-order valence-corrected chi connectivity index (χ3v) is 9.30. The molecule has 216 valence electrons. The quantitative estimate of drug-likeness (QED) is 0.182. The molecule has 2 nitrogen and oxygen atoms in total. The van der Waals surface area contributed by atoms with E-state index in [-0.39, 0.29) is 11.6 Å². The highest BCUT2D eigenvalue weighted by Crippen LogP contribution is 2.34. The lowest BCUT2D eigenvalue weighted by atomic mass is 9.93. The Morgan fingerprint density at radius 1 is 0.581 bits per heavy atom. The monoisotopic (exact) mass is 572 g/mol. The van der Waals surface area contributed by atoms with Crippen molar-refractivity contribution in [3.05, 3.63) is 130 Å². The van der Waals surface area contributed by atoms with E-state index in [4.69, 9.17) is 0 Å². The van der Waals surface area contributed by atoms with Gasteiger partial charge in [-0.2, -0.15) is 4.57 Å². The molecule has 0 bridgehead atoms. The van der Waals surface area contributed by atoms with E-state index in [1.165, 1.54) is 5.56 Å². The molecule has 0 atom stereocenters. The molecule has 0 saturated carbocycles. The van der Waals surface area contributed by atoms with Crippen LogP contribution in [-0.4, -0.2) is 0 Å². The lowest BCUT2D eigenvalue weighted by molar-refractivity contribution is -0.684. The van der Waals surface area contributed by atoms with Gasteiger partial charge in [-0.25, -0.2) is 13.3 Å². The number of nitrogens with zero attached hydrogens (tertiary/aromatic N) is 2. The molecule has 0 unspecified atom stereocenters. The van der Waals surface area contributed by atoms with E-state index in [0.717, 1.165) is 68.2 Å². The van der Waals surface area contributed by atoms with Gasteiger partial charge in [-0.15, -0.1) is 0 Å². The summed E-state index contributed by atoms with van der Waals surface area (Å²) in [4.78, 5) is 0. The molecule has 0 N–H and O–H groups in total. The van der Waals surface area contributed by atoms with Crippen molar-refractivity contribution in [2.75, 3.05) is 0 Å². The molecule has 0 saturated heterocycles. The number of hydrogen-bond acceptors (Lipinski definition) is 0. The standard InChI is InChI=1S/C39H38F2N2/c1-23-20-33(25(3)27(5)36(23)40)38-35-22-29(12-13-31(35)15-17-42(38)7)14-18-43-19-16-30-10-8-9-11-32(30)39(43)34-21-24(2)37(41)28(6)26(34)4/h8-13,15-17,19-22H,14,18H2,1-7H3/q+2. The van der Waals surface area contributed by atoms with Crippen molar-refractivity contribution >= 4 is 21.5 Å². The van der Waals surface area contributed by atoms with Crippen LogP contribution in [0.3, 0.4) is 0 Å². The van der Waals surface area contributed by atoms with E-state index in [1.807, 2.05) is 53.7 Å². The van der Waals surface area contributed by atoms with Crippen molar-refractivity contribution in [3.63, 3.8) is 0 Å². The van der Waals surface area contributed by atoms with Crippen LogP contribution in [0, 0.1) is 53.2 Å². The molecule has 4 aromatic carbocycles. The van der Waals surface area contributed by atoms with Crippen LogP contribution in [0.2, 0.25) is 0 Å². The second-order valence-corrected chi connectivity index (χ2v) is 12.0. The molecule has 0 aliphatic heterocycles. The van der Waals surface area contributed by atoms with Crippen molar-refractivity contribution in [1.82, 2.24) is 0 Å². The summed E-state index contributed by atoms with van der Waals surface area (Å²) in [5.74, 6) is -0.259. The first-order valence-corrected chi connectivity index (χ1v) is 14.9. The minimum atomic E-state index is -0.130. The Morgan fingerprint density at radius 2 is 1.16 bits per heavy atom. The van der Waals surface area contributed by atoms with E-state index in [9.17, 15) is 8.78 Å². The summed E-state index contributed by atoms with van der Waals surface area (Å²) >= 11 is 0. The highest BCUT2D eigenvalue weighted by molar-refractivity contribution is 5.95. The van der Waals surface area contributed by atoms with Crippen LogP contribution in [0.5, 0.6) is 0 Å². The van der Waals surface area contributed by atoms with Gasteiger partial charge in [0.05, 0.1) is 21.9 Å². The molecule has 0 spiro atoms. The van der Waals surface area contributed by atoms with Crippen LogP contribution in [0.4, 0.5) is 8.78 Å². The van der Waals surface area contributed by atoms with Gasteiger partial charge >= 0.3 is 0 Å². The van der Waals surface area contributed by atoms with Crippen LogP contribution in [0.1, 0.15) is 38.9 Å². The van der Waals surface area contributed by atoms with E-state index in [2.05, 4.69) is 83.2 Å². The van der Waals surface area contributed by atoms with Gasteiger partial charge < -0.3 is 0 Å². The maximum absolute atomic E-state index is 14.8. The van der Waals surface area contributed by atoms with E-state index >= 15 is 0 Å². The maximum Gasteiger partial charge on any atom is 0.220 e. The Bertz CT molecular complexity index is 2070. The minimum Gasteiger partial charge on any atom is -0.206 e. The molecule has 0 aliphatic rings. The van der Waals surface area contributed by atoms with Gasteiger partial charge in [-0.3, -0.25) is 0 Å². The average molecular weight is 573 g/mol. The summed E-state index contributed by atoms with van der Waals surface area (Å²) < 4.78 is 34.0. The molecule has 0 amide bonds. The molecule has 6 aromatic rings. The number of aryl methyl sites for hydroxylation is 5. The Labute approximate surface area is 252 Å². The lowest BCUT2D eigenvalue weighted by Gasteiger charge is -2.14. The molecule has 0 radical (unpaired) electrons. The molecule has 4 heteroatoms. The highest BCUT2D eigenvalue weighted by Gasteiger charge is 2.24. The normalized spacial score (nSPS) is 11.6. The maximum atomic E-state index is 14.8. The second kappa shape index (κ2) is 11.0. The number of benzene rings is 4. The van der Waals surface area contributed by atoms with Crippen molar-refractivity contribution in [2.45, 2.75) is 54.5 Å². The average Bonchev–Trinajstić information content (AvgIpc) is 3.01. The third kappa shape index (κ3) is 4.89. The lowest BCUT2D eigenvalue weighted by Crippen LogP contribution is -2.37.